The molecule has 0 bridgehead atoms. The molecule has 0 aliphatic heterocycles. The molecule has 0 atom stereocenters. The van der Waals surface area contributed by atoms with E-state index >= 15 is 0 Å². The molecule has 0 fully saturated rings. The Bertz CT molecular complexity index is 210. The zero-order chi connectivity index (χ0) is 16.2. The van der Waals surface area contributed by atoms with E-state index in [0.717, 1.165) is 0 Å². The highest BCUT2D eigenvalue weighted by Gasteiger charge is 2.19. The van der Waals surface area contributed by atoms with Crippen molar-refractivity contribution in [1.82, 2.24) is 0 Å². The molecule has 0 aliphatic carbocycles. The smallest absolute Gasteiger partial charge is 0.0836 e. The fourth-order valence-electron chi connectivity index (χ4n) is 3.08. The molecule has 2 nitrogen and oxygen atoms in total. The van der Waals surface area contributed by atoms with Gasteiger partial charge in [-0.05, 0) is 25.7 Å². The SMILES string of the molecule is CCCCCC[N+](C)(C)CCC[N+](C)(C)CCCCCC. The Labute approximate surface area is 135 Å². The predicted octanol–water partition coefficient (Wildman–Crippen LogP) is 4.69. The summed E-state index contributed by atoms with van der Waals surface area (Å²) in [4.78, 5) is 0. The van der Waals surface area contributed by atoms with E-state index in [-0.39, 0.29) is 0 Å². The number of unbranched alkanes of at least 4 members (excludes halogenated alkanes) is 6. The Morgan fingerprint density at radius 3 is 1.10 bits per heavy atom. The fourth-order valence-corrected chi connectivity index (χ4v) is 3.08. The second-order valence-electron chi connectivity index (χ2n) is 8.24. The molecule has 0 spiro atoms. The minimum Gasteiger partial charge on any atom is -0.328 e. The van der Waals surface area contributed by atoms with Gasteiger partial charge in [-0.25, -0.2) is 0 Å². The van der Waals surface area contributed by atoms with Gasteiger partial charge in [-0.15, -0.1) is 0 Å². The van der Waals surface area contributed by atoms with Crippen LogP contribution in [-0.2, 0) is 0 Å². The lowest BCUT2D eigenvalue weighted by atomic mass is 10.1. The molecule has 0 aromatic heterocycles. The van der Waals surface area contributed by atoms with Gasteiger partial charge in [-0.1, -0.05) is 39.5 Å². The first-order valence-electron chi connectivity index (χ1n) is 9.47. The Balaban J connectivity index is 3.77. The van der Waals surface area contributed by atoms with E-state index in [1.54, 1.807) is 0 Å². The van der Waals surface area contributed by atoms with Crippen LogP contribution in [0.2, 0.25) is 0 Å². The van der Waals surface area contributed by atoms with Gasteiger partial charge in [0.1, 0.15) is 0 Å². The molecule has 0 aromatic rings. The summed E-state index contributed by atoms with van der Waals surface area (Å²) < 4.78 is 2.42. The zero-order valence-corrected chi connectivity index (χ0v) is 16.1. The third kappa shape index (κ3) is 13.3. The van der Waals surface area contributed by atoms with Gasteiger partial charge < -0.3 is 8.97 Å². The van der Waals surface area contributed by atoms with Crippen LogP contribution in [0.25, 0.3) is 0 Å². The fraction of sp³-hybridized carbons (Fsp3) is 1.00. The molecule has 0 aromatic carbocycles. The van der Waals surface area contributed by atoms with Gasteiger partial charge in [0, 0.05) is 6.42 Å². The third-order valence-electron chi connectivity index (χ3n) is 4.76. The molecular weight excluding hydrogens is 256 g/mol. The Hall–Kier alpha value is -0.0800. The summed E-state index contributed by atoms with van der Waals surface area (Å²) in [7, 11) is 9.64. The molecule has 0 saturated heterocycles. The van der Waals surface area contributed by atoms with Gasteiger partial charge in [0.05, 0.1) is 54.4 Å². The average Bonchev–Trinajstić information content (AvgIpc) is 2.39. The average molecular weight is 301 g/mol. The summed E-state index contributed by atoms with van der Waals surface area (Å²) in [6.45, 7) is 9.96. The standard InChI is InChI=1S/C19H44N2/c1-7-9-11-13-16-20(3,4)18-15-19-21(5,6)17-14-12-10-8-2/h7-19H2,1-6H3/q+2. The van der Waals surface area contributed by atoms with Crippen molar-refractivity contribution >= 4 is 0 Å². The van der Waals surface area contributed by atoms with Crippen molar-refractivity contribution in [2.75, 3.05) is 54.4 Å². The molecule has 0 aliphatic rings. The van der Waals surface area contributed by atoms with Gasteiger partial charge in [0.25, 0.3) is 0 Å². The molecule has 0 rings (SSSR count). The highest BCUT2D eigenvalue weighted by atomic mass is 15.3. The largest absolute Gasteiger partial charge is 0.328 e. The van der Waals surface area contributed by atoms with Crippen LogP contribution in [-0.4, -0.2) is 63.3 Å². The van der Waals surface area contributed by atoms with Crippen molar-refractivity contribution in [2.24, 2.45) is 0 Å². The van der Waals surface area contributed by atoms with E-state index in [1.165, 1.54) is 92.9 Å². The van der Waals surface area contributed by atoms with Crippen LogP contribution in [0.3, 0.4) is 0 Å². The predicted molar refractivity (Wildman–Crippen MR) is 96.6 cm³/mol. The van der Waals surface area contributed by atoms with Crippen LogP contribution < -0.4 is 0 Å². The van der Waals surface area contributed by atoms with Crippen LogP contribution in [0, 0.1) is 0 Å². The maximum Gasteiger partial charge on any atom is 0.0836 e. The molecule has 2 heteroatoms. The van der Waals surface area contributed by atoms with Crippen molar-refractivity contribution < 1.29 is 8.97 Å². The van der Waals surface area contributed by atoms with Crippen molar-refractivity contribution in [3.8, 4) is 0 Å². The monoisotopic (exact) mass is 300 g/mol. The van der Waals surface area contributed by atoms with Gasteiger partial charge in [-0.2, -0.15) is 0 Å². The lowest BCUT2D eigenvalue weighted by Crippen LogP contribution is -2.46. The first kappa shape index (κ1) is 20.9. The summed E-state index contributed by atoms with van der Waals surface area (Å²) >= 11 is 0. The van der Waals surface area contributed by atoms with E-state index in [2.05, 4.69) is 42.0 Å². The molecular formula is C19H44N2+2. The number of quaternary nitrogens is 2. The molecule has 0 N–H and O–H groups in total. The number of hydrogen-bond donors (Lipinski definition) is 0. The van der Waals surface area contributed by atoms with Gasteiger partial charge in [0.2, 0.25) is 0 Å². The lowest BCUT2D eigenvalue weighted by molar-refractivity contribution is -0.909. The summed E-state index contributed by atoms with van der Waals surface area (Å²) in [6, 6.07) is 0. The van der Waals surface area contributed by atoms with Crippen molar-refractivity contribution in [1.29, 1.82) is 0 Å². The van der Waals surface area contributed by atoms with E-state index in [4.69, 9.17) is 0 Å². The normalized spacial score (nSPS) is 12.9. The van der Waals surface area contributed by atoms with Gasteiger partial charge >= 0.3 is 0 Å². The topological polar surface area (TPSA) is 0 Å². The Morgan fingerprint density at radius 2 is 0.762 bits per heavy atom. The lowest BCUT2D eigenvalue weighted by Gasteiger charge is -2.33. The molecule has 0 heterocycles. The zero-order valence-electron chi connectivity index (χ0n) is 16.1. The first-order valence-corrected chi connectivity index (χ1v) is 9.47. The summed E-state index contributed by atoms with van der Waals surface area (Å²) in [6.07, 6.45) is 12.5. The van der Waals surface area contributed by atoms with E-state index in [0.29, 0.717) is 0 Å². The molecule has 0 radical (unpaired) electrons. The highest BCUT2D eigenvalue weighted by molar-refractivity contribution is 4.45. The molecule has 0 unspecified atom stereocenters. The number of rotatable bonds is 14. The van der Waals surface area contributed by atoms with Gasteiger partial charge in [-0.3, -0.25) is 0 Å². The molecule has 0 amide bonds. The van der Waals surface area contributed by atoms with Crippen molar-refractivity contribution in [3.05, 3.63) is 0 Å². The van der Waals surface area contributed by atoms with E-state index < -0.39 is 0 Å². The van der Waals surface area contributed by atoms with Crippen LogP contribution >= 0.6 is 0 Å². The van der Waals surface area contributed by atoms with Crippen LogP contribution in [0.1, 0.15) is 71.6 Å². The summed E-state index contributed by atoms with van der Waals surface area (Å²) in [5.41, 5.74) is 0. The molecule has 0 saturated carbocycles. The van der Waals surface area contributed by atoms with Crippen LogP contribution in [0.4, 0.5) is 0 Å². The van der Waals surface area contributed by atoms with Crippen LogP contribution in [0.5, 0.6) is 0 Å². The summed E-state index contributed by atoms with van der Waals surface area (Å²) in [5.74, 6) is 0. The third-order valence-corrected chi connectivity index (χ3v) is 4.76. The second-order valence-corrected chi connectivity index (χ2v) is 8.24. The molecule has 128 valence electrons. The maximum absolute atomic E-state index is 2.41. The molecule has 21 heavy (non-hydrogen) atoms. The van der Waals surface area contributed by atoms with Gasteiger partial charge in [0.15, 0.2) is 0 Å². The first-order chi connectivity index (χ1) is 9.83. The van der Waals surface area contributed by atoms with E-state index in [1.807, 2.05) is 0 Å². The van der Waals surface area contributed by atoms with E-state index in [9.17, 15) is 0 Å². The second kappa shape index (κ2) is 11.5. The Morgan fingerprint density at radius 1 is 0.429 bits per heavy atom. The number of hydrogen-bond acceptors (Lipinski definition) is 0. The minimum atomic E-state index is 1.21. The maximum atomic E-state index is 2.41. The number of nitrogens with zero attached hydrogens (tertiary/aromatic N) is 2. The summed E-state index contributed by atoms with van der Waals surface area (Å²) in [5, 5.41) is 0. The van der Waals surface area contributed by atoms with Crippen molar-refractivity contribution in [3.63, 3.8) is 0 Å². The Kier molecular flexibility index (Phi) is 11.4. The highest BCUT2D eigenvalue weighted by Crippen LogP contribution is 2.10. The van der Waals surface area contributed by atoms with Crippen LogP contribution in [0.15, 0.2) is 0 Å². The van der Waals surface area contributed by atoms with Crippen molar-refractivity contribution in [2.45, 2.75) is 71.6 Å². The minimum absolute atomic E-state index is 1.21. The quantitative estimate of drug-likeness (QED) is 0.322.